The predicted molar refractivity (Wildman–Crippen MR) is 138 cm³/mol. The highest BCUT2D eigenvalue weighted by atomic mass is 32.1. The van der Waals surface area contributed by atoms with Gasteiger partial charge in [0.2, 0.25) is 0 Å². The minimum absolute atomic E-state index is 0.0120. The largest absolute Gasteiger partial charge is 0.332 e. The van der Waals surface area contributed by atoms with Crippen LogP contribution in [0, 0.1) is 0 Å². The van der Waals surface area contributed by atoms with E-state index in [9.17, 15) is 0 Å². The van der Waals surface area contributed by atoms with Gasteiger partial charge in [0.05, 0.1) is 0 Å². The Labute approximate surface area is 189 Å². The fourth-order valence-electron chi connectivity index (χ4n) is 3.89. The van der Waals surface area contributed by atoms with E-state index < -0.39 is 0 Å². The smallest absolute Gasteiger partial charge is 0.175 e. The molecule has 164 valence electrons. The minimum atomic E-state index is 0.0120. The molecule has 0 bridgehead atoms. The van der Waals surface area contributed by atoms with E-state index in [2.05, 4.69) is 116 Å². The van der Waals surface area contributed by atoms with Crippen molar-refractivity contribution < 1.29 is 0 Å². The van der Waals surface area contributed by atoms with Crippen LogP contribution in [0.2, 0.25) is 0 Å². The molecule has 0 atom stereocenters. The lowest BCUT2D eigenvalue weighted by Gasteiger charge is -2.31. The van der Waals surface area contributed by atoms with Crippen LogP contribution >= 0.6 is 12.2 Å². The van der Waals surface area contributed by atoms with Gasteiger partial charge in [-0.25, -0.2) is 0 Å². The average Bonchev–Trinajstić information content (AvgIpc) is 2.59. The second-order valence-electron chi connectivity index (χ2n) is 10.9. The van der Waals surface area contributed by atoms with Crippen LogP contribution in [0.25, 0.3) is 0 Å². The van der Waals surface area contributed by atoms with Crippen LogP contribution in [-0.2, 0) is 10.8 Å². The van der Waals surface area contributed by atoms with Crippen molar-refractivity contribution in [1.82, 2.24) is 0 Å². The van der Waals surface area contributed by atoms with Gasteiger partial charge in [0.25, 0.3) is 0 Å². The highest BCUT2D eigenvalue weighted by molar-refractivity contribution is 7.80. The number of anilines is 2. The summed E-state index contributed by atoms with van der Waals surface area (Å²) in [6, 6.07) is 13.1. The maximum atomic E-state index is 5.85. The molecule has 0 spiro atoms. The molecule has 0 aliphatic heterocycles. The van der Waals surface area contributed by atoms with Crippen molar-refractivity contribution in [3.8, 4) is 0 Å². The van der Waals surface area contributed by atoms with Gasteiger partial charge in [-0.05, 0) is 57.1 Å². The Kier molecular flexibility index (Phi) is 7.40. The van der Waals surface area contributed by atoms with Crippen LogP contribution in [0.3, 0.4) is 0 Å². The molecule has 0 heterocycles. The molecule has 0 radical (unpaired) electrons. The fourth-order valence-corrected chi connectivity index (χ4v) is 4.09. The molecular weight excluding hydrogens is 384 g/mol. The van der Waals surface area contributed by atoms with E-state index in [0.717, 1.165) is 11.4 Å². The van der Waals surface area contributed by atoms with Gasteiger partial charge in [0.15, 0.2) is 5.11 Å². The molecule has 2 aromatic carbocycles. The van der Waals surface area contributed by atoms with E-state index in [1.807, 2.05) is 0 Å². The molecule has 0 saturated carbocycles. The van der Waals surface area contributed by atoms with E-state index in [4.69, 9.17) is 12.2 Å². The van der Waals surface area contributed by atoms with Crippen LogP contribution < -0.4 is 10.6 Å². The quantitative estimate of drug-likeness (QED) is 0.482. The van der Waals surface area contributed by atoms with Crippen molar-refractivity contribution in [3.05, 3.63) is 58.7 Å². The Bertz CT molecular complexity index is 838. The molecule has 0 aromatic heterocycles. The number of rotatable bonds is 4. The highest BCUT2D eigenvalue weighted by Crippen LogP contribution is 2.38. The van der Waals surface area contributed by atoms with E-state index >= 15 is 0 Å². The highest BCUT2D eigenvalue weighted by Gasteiger charge is 2.26. The van der Waals surface area contributed by atoms with Gasteiger partial charge in [0.1, 0.15) is 0 Å². The maximum absolute atomic E-state index is 5.85. The first-order valence-electron chi connectivity index (χ1n) is 11.1. The molecule has 3 heteroatoms. The van der Waals surface area contributed by atoms with Gasteiger partial charge in [0, 0.05) is 11.4 Å². The third-order valence-corrected chi connectivity index (χ3v) is 5.73. The second kappa shape index (κ2) is 9.09. The van der Waals surface area contributed by atoms with E-state index in [1.54, 1.807) is 0 Å². The average molecular weight is 425 g/mol. The molecule has 0 fully saturated rings. The Morgan fingerprint density at radius 2 is 1.03 bits per heavy atom. The Morgan fingerprint density at radius 3 is 1.40 bits per heavy atom. The summed E-state index contributed by atoms with van der Waals surface area (Å²) in [5.74, 6) is 0.835. The number of para-hydroxylation sites is 2. The Balaban J connectivity index is 2.50. The monoisotopic (exact) mass is 424 g/mol. The summed E-state index contributed by atoms with van der Waals surface area (Å²) >= 11 is 5.85. The third-order valence-electron chi connectivity index (χ3n) is 5.53. The zero-order valence-electron chi connectivity index (χ0n) is 20.5. The van der Waals surface area contributed by atoms with Crippen LogP contribution in [-0.4, -0.2) is 5.11 Å². The Morgan fingerprint density at radius 1 is 0.667 bits per heavy atom. The first kappa shape index (κ1) is 24.4. The molecule has 0 unspecified atom stereocenters. The van der Waals surface area contributed by atoms with Crippen molar-refractivity contribution in [2.45, 2.75) is 91.9 Å². The van der Waals surface area contributed by atoms with Crippen molar-refractivity contribution in [2.24, 2.45) is 0 Å². The molecular formula is C27H40N2S. The van der Waals surface area contributed by atoms with Gasteiger partial charge in [-0.1, -0.05) is 106 Å². The van der Waals surface area contributed by atoms with E-state index in [-0.39, 0.29) is 10.8 Å². The molecule has 30 heavy (non-hydrogen) atoms. The van der Waals surface area contributed by atoms with E-state index in [0.29, 0.717) is 16.9 Å². The summed E-state index contributed by atoms with van der Waals surface area (Å²) in [6.07, 6.45) is 0. The summed E-state index contributed by atoms with van der Waals surface area (Å²) in [7, 11) is 0. The normalized spacial score (nSPS) is 12.4. The summed E-state index contributed by atoms with van der Waals surface area (Å²) in [6.45, 7) is 22.4. The van der Waals surface area contributed by atoms with Crippen molar-refractivity contribution in [1.29, 1.82) is 0 Å². The van der Waals surface area contributed by atoms with Crippen LogP contribution in [0.1, 0.15) is 103 Å². The topological polar surface area (TPSA) is 24.1 Å². The van der Waals surface area contributed by atoms with Gasteiger partial charge in [-0.15, -0.1) is 0 Å². The molecule has 0 amide bonds. The van der Waals surface area contributed by atoms with Crippen LogP contribution in [0.4, 0.5) is 11.4 Å². The summed E-state index contributed by atoms with van der Waals surface area (Å²) in [4.78, 5) is 0. The lowest BCUT2D eigenvalue weighted by Crippen LogP contribution is -2.27. The SMILES string of the molecule is CC(C)c1cccc(C(C)C)c1NC(=S)Nc1c(C(C)(C)C)cccc1C(C)(C)C. The lowest BCUT2D eigenvalue weighted by atomic mass is 9.79. The molecule has 2 aromatic rings. The second-order valence-corrected chi connectivity index (χ2v) is 11.3. The van der Waals surface area contributed by atoms with Crippen molar-refractivity contribution in [3.63, 3.8) is 0 Å². The summed E-state index contributed by atoms with van der Waals surface area (Å²) in [5, 5.41) is 7.81. The minimum Gasteiger partial charge on any atom is -0.332 e. The first-order valence-corrected chi connectivity index (χ1v) is 11.5. The van der Waals surface area contributed by atoms with Crippen molar-refractivity contribution >= 4 is 28.7 Å². The van der Waals surface area contributed by atoms with Crippen LogP contribution in [0.15, 0.2) is 36.4 Å². The zero-order valence-corrected chi connectivity index (χ0v) is 21.3. The summed E-state index contributed by atoms with van der Waals surface area (Å²) in [5.41, 5.74) is 7.45. The Hall–Kier alpha value is -1.87. The molecule has 0 saturated heterocycles. The van der Waals surface area contributed by atoms with Crippen LogP contribution in [0.5, 0.6) is 0 Å². The fraction of sp³-hybridized carbons (Fsp3) is 0.519. The molecule has 0 aliphatic rings. The molecule has 2 nitrogen and oxygen atoms in total. The third kappa shape index (κ3) is 5.63. The molecule has 2 rings (SSSR count). The maximum Gasteiger partial charge on any atom is 0.175 e. The predicted octanol–water partition coefficient (Wildman–Crippen LogP) is 8.34. The van der Waals surface area contributed by atoms with Crippen molar-refractivity contribution in [2.75, 3.05) is 10.6 Å². The van der Waals surface area contributed by atoms with Gasteiger partial charge < -0.3 is 10.6 Å². The van der Waals surface area contributed by atoms with Gasteiger partial charge in [-0.3, -0.25) is 0 Å². The number of hydrogen-bond donors (Lipinski definition) is 2. The number of hydrogen-bond acceptors (Lipinski definition) is 1. The first-order chi connectivity index (χ1) is 13.7. The van der Waals surface area contributed by atoms with Gasteiger partial charge >= 0.3 is 0 Å². The number of nitrogens with one attached hydrogen (secondary N) is 2. The van der Waals surface area contributed by atoms with E-state index in [1.165, 1.54) is 22.3 Å². The number of thiocarbonyl (C=S) groups is 1. The molecule has 0 aliphatic carbocycles. The molecule has 2 N–H and O–H groups in total. The lowest BCUT2D eigenvalue weighted by molar-refractivity contribution is 0.573. The standard InChI is InChI=1S/C27H40N2S/c1-17(2)19-13-11-14-20(18(3)4)23(19)28-25(30)29-24-21(26(5,6)7)15-12-16-22(24)27(8,9)10/h11-18H,1-10H3,(H2,28,29,30). The number of benzene rings is 2. The zero-order chi connectivity index (χ0) is 22.9. The van der Waals surface area contributed by atoms with Gasteiger partial charge in [-0.2, -0.15) is 0 Å². The summed E-state index contributed by atoms with van der Waals surface area (Å²) < 4.78 is 0.